The van der Waals surface area contributed by atoms with Crippen LogP contribution in [0.1, 0.15) is 62.0 Å². The van der Waals surface area contributed by atoms with E-state index in [-0.39, 0.29) is 29.6 Å². The van der Waals surface area contributed by atoms with Crippen LogP contribution in [0.15, 0.2) is 84.5 Å². The van der Waals surface area contributed by atoms with Gasteiger partial charge in [0.15, 0.2) is 0 Å². The Hall–Kier alpha value is -2.94. The van der Waals surface area contributed by atoms with Crippen LogP contribution in [0.25, 0.3) is 0 Å². The molecule has 3 aliphatic rings. The molecule has 1 heterocycles. The quantitative estimate of drug-likeness (QED) is 0.435. The van der Waals surface area contributed by atoms with Gasteiger partial charge in [0, 0.05) is 18.4 Å². The Morgan fingerprint density at radius 1 is 0.906 bits per heavy atom. The molecule has 3 heteroatoms. The maximum Gasteiger partial charge on any atom is 0.236 e. The fraction of sp³-hybridized carbons (Fsp3) is 0.379. The van der Waals surface area contributed by atoms with Gasteiger partial charge >= 0.3 is 0 Å². The second-order valence-electron chi connectivity index (χ2n) is 9.62. The van der Waals surface area contributed by atoms with Gasteiger partial charge in [-0.15, -0.1) is 0 Å². The number of amides is 2. The largest absolute Gasteiger partial charge is 0.281 e. The minimum absolute atomic E-state index is 0.00644. The smallest absolute Gasteiger partial charge is 0.236 e. The zero-order valence-electron chi connectivity index (χ0n) is 18.7. The molecule has 0 radical (unpaired) electrons. The Labute approximate surface area is 190 Å². The molecule has 0 aromatic heterocycles. The maximum absolute atomic E-state index is 14.0. The minimum atomic E-state index is -0.783. The van der Waals surface area contributed by atoms with Crippen molar-refractivity contribution >= 4 is 11.8 Å². The number of carbonyl (C=O) groups excluding carboxylic acids is 2. The highest BCUT2D eigenvalue weighted by Crippen LogP contribution is 2.57. The van der Waals surface area contributed by atoms with Crippen molar-refractivity contribution < 1.29 is 9.59 Å². The van der Waals surface area contributed by atoms with Crippen molar-refractivity contribution in [1.82, 2.24) is 4.90 Å². The summed E-state index contributed by atoms with van der Waals surface area (Å²) in [6, 6.07) is 20.3. The Morgan fingerprint density at radius 2 is 1.59 bits per heavy atom. The topological polar surface area (TPSA) is 37.4 Å². The fourth-order valence-electron chi connectivity index (χ4n) is 6.04. The molecule has 1 saturated heterocycles. The zero-order chi connectivity index (χ0) is 22.1. The molecule has 2 aliphatic carbocycles. The van der Waals surface area contributed by atoms with Gasteiger partial charge in [-0.3, -0.25) is 14.5 Å². The van der Waals surface area contributed by atoms with Crippen LogP contribution in [0.2, 0.25) is 0 Å². The molecule has 1 fully saturated rings. The first-order chi connectivity index (χ1) is 15.6. The van der Waals surface area contributed by atoms with Gasteiger partial charge in [-0.1, -0.05) is 84.5 Å². The number of carbonyl (C=O) groups is 2. The van der Waals surface area contributed by atoms with Crippen LogP contribution in [0.3, 0.4) is 0 Å². The van der Waals surface area contributed by atoms with Crippen molar-refractivity contribution in [3.05, 3.63) is 95.6 Å². The molecular formula is C29H31NO2. The minimum Gasteiger partial charge on any atom is -0.281 e. The average Bonchev–Trinajstić information content (AvgIpc) is 3.04. The van der Waals surface area contributed by atoms with E-state index >= 15 is 0 Å². The summed E-state index contributed by atoms with van der Waals surface area (Å²) in [7, 11) is 0. The lowest BCUT2D eigenvalue weighted by Gasteiger charge is -2.41. The highest BCUT2D eigenvalue weighted by atomic mass is 16.2. The number of fused-ring (bicyclic) bond motifs is 1. The van der Waals surface area contributed by atoms with E-state index in [9.17, 15) is 9.59 Å². The van der Waals surface area contributed by atoms with Gasteiger partial charge in [0.25, 0.3) is 0 Å². The van der Waals surface area contributed by atoms with Gasteiger partial charge < -0.3 is 0 Å². The molecule has 0 bridgehead atoms. The lowest BCUT2D eigenvalue weighted by Crippen LogP contribution is -2.42. The van der Waals surface area contributed by atoms with E-state index < -0.39 is 5.41 Å². The van der Waals surface area contributed by atoms with Gasteiger partial charge in [0.2, 0.25) is 11.8 Å². The molecule has 2 amide bonds. The number of imide groups is 1. The third kappa shape index (κ3) is 3.44. The third-order valence-corrected chi connectivity index (χ3v) is 7.78. The third-order valence-electron chi connectivity index (χ3n) is 7.78. The van der Waals surface area contributed by atoms with E-state index in [0.29, 0.717) is 6.54 Å². The second kappa shape index (κ2) is 8.54. The molecule has 3 nitrogen and oxygen atoms in total. The van der Waals surface area contributed by atoms with Crippen molar-refractivity contribution in [1.29, 1.82) is 0 Å². The van der Waals surface area contributed by atoms with Crippen LogP contribution in [-0.4, -0.2) is 23.3 Å². The summed E-state index contributed by atoms with van der Waals surface area (Å²) in [4.78, 5) is 29.4. The van der Waals surface area contributed by atoms with Crippen LogP contribution in [-0.2, 0) is 9.59 Å². The Bertz CT molecular complexity index is 1060. The lowest BCUT2D eigenvalue weighted by atomic mass is 9.58. The highest BCUT2D eigenvalue weighted by Gasteiger charge is 2.62. The van der Waals surface area contributed by atoms with Crippen molar-refractivity contribution in [2.45, 2.75) is 50.9 Å². The number of benzene rings is 2. The number of allylic oxidation sites excluding steroid dienone is 3. The SMILES string of the molecule is C[C@@]12C(=O)N(CCC3=CCCCC3)C(=O)[C@H]1[C@@H](c1ccccc1)C=C[C@@H]2c1ccccc1. The predicted octanol–water partition coefficient (Wildman–Crippen LogP) is 6.01. The molecular weight excluding hydrogens is 394 g/mol. The summed E-state index contributed by atoms with van der Waals surface area (Å²) in [5.41, 5.74) is 2.81. The first-order valence-electron chi connectivity index (χ1n) is 11.9. The number of hydrogen-bond acceptors (Lipinski definition) is 2. The molecule has 0 saturated carbocycles. The van der Waals surface area contributed by atoms with E-state index in [1.54, 1.807) is 4.90 Å². The predicted molar refractivity (Wildman–Crippen MR) is 127 cm³/mol. The average molecular weight is 426 g/mol. The number of rotatable bonds is 5. The molecule has 164 valence electrons. The molecule has 32 heavy (non-hydrogen) atoms. The fourth-order valence-corrected chi connectivity index (χ4v) is 6.04. The van der Waals surface area contributed by atoms with Crippen LogP contribution in [0, 0.1) is 11.3 Å². The first kappa shape index (κ1) is 20.9. The van der Waals surface area contributed by atoms with Crippen LogP contribution in [0.4, 0.5) is 0 Å². The van der Waals surface area contributed by atoms with Crippen molar-refractivity contribution in [2.24, 2.45) is 11.3 Å². The number of likely N-dealkylation sites (tertiary alicyclic amines) is 1. The van der Waals surface area contributed by atoms with Crippen LogP contribution >= 0.6 is 0 Å². The van der Waals surface area contributed by atoms with E-state index in [2.05, 4.69) is 42.5 Å². The van der Waals surface area contributed by atoms with Gasteiger partial charge in [-0.25, -0.2) is 0 Å². The summed E-state index contributed by atoms with van der Waals surface area (Å²) in [6.07, 6.45) is 12.1. The maximum atomic E-state index is 14.0. The molecule has 0 spiro atoms. The highest BCUT2D eigenvalue weighted by molar-refractivity contribution is 6.08. The normalized spacial score (nSPS) is 29.7. The van der Waals surface area contributed by atoms with Gasteiger partial charge in [-0.05, 0) is 50.2 Å². The summed E-state index contributed by atoms with van der Waals surface area (Å²) in [5, 5.41) is 0. The van der Waals surface area contributed by atoms with E-state index in [1.165, 1.54) is 18.4 Å². The van der Waals surface area contributed by atoms with Crippen molar-refractivity contribution in [2.75, 3.05) is 6.54 Å². The Balaban J connectivity index is 1.53. The molecule has 2 aromatic carbocycles. The molecule has 0 unspecified atom stereocenters. The van der Waals surface area contributed by atoms with Crippen molar-refractivity contribution in [3.63, 3.8) is 0 Å². The number of nitrogens with zero attached hydrogens (tertiary/aromatic N) is 1. The van der Waals surface area contributed by atoms with Gasteiger partial charge in [-0.2, -0.15) is 0 Å². The molecule has 1 aliphatic heterocycles. The van der Waals surface area contributed by atoms with E-state index in [1.807, 2.05) is 43.3 Å². The van der Waals surface area contributed by atoms with E-state index in [0.717, 1.165) is 30.4 Å². The summed E-state index contributed by atoms with van der Waals surface area (Å²) >= 11 is 0. The number of hydrogen-bond donors (Lipinski definition) is 0. The Morgan fingerprint density at radius 3 is 2.25 bits per heavy atom. The summed E-state index contributed by atoms with van der Waals surface area (Å²) < 4.78 is 0. The lowest BCUT2D eigenvalue weighted by molar-refractivity contribution is -0.141. The molecule has 0 N–H and O–H groups in total. The zero-order valence-corrected chi connectivity index (χ0v) is 18.7. The van der Waals surface area contributed by atoms with E-state index in [4.69, 9.17) is 0 Å². The van der Waals surface area contributed by atoms with Crippen LogP contribution < -0.4 is 0 Å². The summed E-state index contributed by atoms with van der Waals surface area (Å²) in [5.74, 6) is -0.593. The first-order valence-corrected chi connectivity index (χ1v) is 11.9. The second-order valence-corrected chi connectivity index (χ2v) is 9.62. The van der Waals surface area contributed by atoms with Crippen molar-refractivity contribution in [3.8, 4) is 0 Å². The standard InChI is InChI=1S/C29H31NO2/c1-29-25(23-15-9-4-10-16-23)18-17-24(22-13-7-3-8-14-22)26(29)27(31)30(28(29)32)20-19-21-11-5-2-6-12-21/h3-4,7-11,13-18,24-26H,2,5-6,12,19-20H2,1H3/t24-,25-,26-,29+/m1/s1. The summed E-state index contributed by atoms with van der Waals surface area (Å²) in [6.45, 7) is 2.52. The molecule has 2 aromatic rings. The monoisotopic (exact) mass is 425 g/mol. The molecule has 4 atom stereocenters. The molecule has 5 rings (SSSR count). The van der Waals surface area contributed by atoms with Crippen LogP contribution in [0.5, 0.6) is 0 Å². The van der Waals surface area contributed by atoms with Gasteiger partial charge in [0.05, 0.1) is 11.3 Å². The van der Waals surface area contributed by atoms with Gasteiger partial charge in [0.1, 0.15) is 0 Å². The Kier molecular flexibility index (Phi) is 5.58.